The lowest BCUT2D eigenvalue weighted by Crippen LogP contribution is -2.48. The van der Waals surface area contributed by atoms with E-state index in [0.717, 1.165) is 37.1 Å². The van der Waals surface area contributed by atoms with Crippen molar-refractivity contribution < 1.29 is 29.0 Å². The van der Waals surface area contributed by atoms with E-state index in [1.807, 2.05) is 34.7 Å². The van der Waals surface area contributed by atoms with Crippen LogP contribution < -0.4 is 0 Å². The van der Waals surface area contributed by atoms with Crippen LogP contribution in [0.15, 0.2) is 5.38 Å². The molecule has 0 unspecified atom stereocenters. The van der Waals surface area contributed by atoms with Crippen molar-refractivity contribution in [2.45, 2.75) is 84.9 Å². The molecule has 0 radical (unpaired) electrons. The van der Waals surface area contributed by atoms with E-state index in [9.17, 15) is 24.3 Å². The Hall–Kier alpha value is -2.33. The van der Waals surface area contributed by atoms with E-state index >= 15 is 0 Å². The molecule has 0 bridgehead atoms. The molecule has 1 N–H and O–H groups in total. The van der Waals surface area contributed by atoms with Gasteiger partial charge in [0.25, 0.3) is 0 Å². The summed E-state index contributed by atoms with van der Waals surface area (Å²) in [5.74, 6) is -2.12. The van der Waals surface area contributed by atoms with Gasteiger partial charge in [-0.1, -0.05) is 34.1 Å². The van der Waals surface area contributed by atoms with Gasteiger partial charge in [0.05, 0.1) is 6.04 Å². The molecule has 1 aliphatic heterocycles. The molecule has 1 amide bonds. The molecule has 1 fully saturated rings. The van der Waals surface area contributed by atoms with Gasteiger partial charge in [0, 0.05) is 44.2 Å². The summed E-state index contributed by atoms with van der Waals surface area (Å²) in [5, 5.41) is 11.0. The average molecular weight is 524 g/mol. The van der Waals surface area contributed by atoms with Gasteiger partial charge in [-0.15, -0.1) is 11.3 Å². The molecular weight excluding hydrogens is 482 g/mol. The van der Waals surface area contributed by atoms with Crippen molar-refractivity contribution in [1.82, 2.24) is 14.8 Å². The third kappa shape index (κ3) is 7.83. The van der Waals surface area contributed by atoms with Gasteiger partial charge in [0.1, 0.15) is 5.01 Å². The largest absolute Gasteiger partial charge is 0.476 e. The number of aromatic nitrogens is 1. The number of ketones is 1. The van der Waals surface area contributed by atoms with Gasteiger partial charge in [-0.25, -0.2) is 9.78 Å². The molecule has 202 valence electrons. The number of esters is 1. The Morgan fingerprint density at radius 1 is 1.19 bits per heavy atom. The molecule has 2 rings (SSSR count). The van der Waals surface area contributed by atoms with Crippen LogP contribution in [0.2, 0.25) is 0 Å². The first-order valence-electron chi connectivity index (χ1n) is 12.7. The number of carboxylic acids is 1. The summed E-state index contributed by atoms with van der Waals surface area (Å²) in [5.41, 5.74) is -0.108. The zero-order valence-corrected chi connectivity index (χ0v) is 23.3. The number of hydrogen-bond donors (Lipinski definition) is 1. The molecule has 1 aliphatic rings. The van der Waals surface area contributed by atoms with Crippen molar-refractivity contribution in [2.24, 2.45) is 17.8 Å². The smallest absolute Gasteiger partial charge is 0.355 e. The zero-order chi connectivity index (χ0) is 27.2. The van der Waals surface area contributed by atoms with Crippen molar-refractivity contribution in [3.8, 4) is 0 Å². The number of carbonyl (C=O) groups is 4. The first-order valence-corrected chi connectivity index (χ1v) is 13.6. The minimum atomic E-state index is -1.15. The fourth-order valence-electron chi connectivity index (χ4n) is 4.90. The van der Waals surface area contributed by atoms with Crippen molar-refractivity contribution in [1.29, 1.82) is 0 Å². The normalized spacial score (nSPS) is 19.1. The standard InChI is InChI=1S/C26H41N3O6S/c1-15(2)18(12-22(31)20-10-8-9-11-28(20)6)25(32)29(7)21(16(3)4)13-23(35-17(5)30)24-27-19(14-36-24)26(33)34/h14-16,18,20-21,23H,8-13H2,1-7H3,(H,33,34)/t18-,20+,21+,23+/m0/s1. The molecule has 36 heavy (non-hydrogen) atoms. The number of thiazole rings is 1. The number of aromatic carboxylic acids is 1. The molecule has 1 aromatic rings. The predicted octanol–water partition coefficient (Wildman–Crippen LogP) is 4.03. The second kappa shape index (κ2) is 13.3. The van der Waals surface area contributed by atoms with E-state index in [1.165, 1.54) is 12.3 Å². The summed E-state index contributed by atoms with van der Waals surface area (Å²) in [6, 6.07) is -0.451. The first-order chi connectivity index (χ1) is 16.8. The maximum Gasteiger partial charge on any atom is 0.355 e. The minimum Gasteiger partial charge on any atom is -0.476 e. The monoisotopic (exact) mass is 523 g/mol. The summed E-state index contributed by atoms with van der Waals surface area (Å²) in [4.78, 5) is 57.9. The fourth-order valence-corrected chi connectivity index (χ4v) is 5.73. The molecule has 0 aliphatic carbocycles. The van der Waals surface area contributed by atoms with Crippen molar-refractivity contribution >= 4 is 35.0 Å². The predicted molar refractivity (Wildman–Crippen MR) is 138 cm³/mol. The maximum absolute atomic E-state index is 13.7. The van der Waals surface area contributed by atoms with Crippen LogP contribution in [-0.4, -0.2) is 76.2 Å². The molecule has 4 atom stereocenters. The van der Waals surface area contributed by atoms with Crippen molar-refractivity contribution in [3.63, 3.8) is 0 Å². The zero-order valence-electron chi connectivity index (χ0n) is 22.5. The molecule has 10 heteroatoms. The second-order valence-electron chi connectivity index (χ2n) is 10.5. The number of Topliss-reactive ketones (excluding diaryl/α,β-unsaturated/α-hetero) is 1. The van der Waals surface area contributed by atoms with Crippen LogP contribution in [0.4, 0.5) is 0 Å². The van der Waals surface area contributed by atoms with Gasteiger partial charge in [0.2, 0.25) is 5.91 Å². The van der Waals surface area contributed by atoms with Crippen LogP contribution in [0.25, 0.3) is 0 Å². The number of nitrogens with zero attached hydrogens (tertiary/aromatic N) is 3. The SMILES string of the molecule is CC(=O)O[C@H](C[C@H](C(C)C)N(C)C(=O)[C@@H](CC(=O)[C@H]1CCCCN1C)C(C)C)c1nc(C(=O)O)cs1. The second-order valence-corrected chi connectivity index (χ2v) is 11.4. The highest BCUT2D eigenvalue weighted by Crippen LogP contribution is 2.32. The van der Waals surface area contributed by atoms with Gasteiger partial charge >= 0.3 is 11.9 Å². The highest BCUT2D eigenvalue weighted by molar-refractivity contribution is 7.09. The number of amides is 1. The molecule has 2 heterocycles. The average Bonchev–Trinajstić information content (AvgIpc) is 3.29. The van der Waals surface area contributed by atoms with Gasteiger partial charge in [0.15, 0.2) is 17.6 Å². The van der Waals surface area contributed by atoms with Crippen LogP contribution in [0, 0.1) is 17.8 Å². The number of hydrogen-bond acceptors (Lipinski definition) is 8. The van der Waals surface area contributed by atoms with Gasteiger partial charge in [-0.05, 0) is 38.3 Å². The lowest BCUT2D eigenvalue weighted by atomic mass is 9.84. The van der Waals surface area contributed by atoms with Crippen LogP contribution in [0.5, 0.6) is 0 Å². The number of likely N-dealkylation sites (tertiary alicyclic amines) is 1. The Kier molecular flexibility index (Phi) is 11.0. The molecule has 0 spiro atoms. The quantitative estimate of drug-likeness (QED) is 0.408. The van der Waals surface area contributed by atoms with E-state index in [2.05, 4.69) is 9.88 Å². The van der Waals surface area contributed by atoms with Gasteiger partial charge in [-0.3, -0.25) is 19.3 Å². The number of likely N-dealkylation sites (N-methyl/N-ethyl adjacent to an activating group) is 1. The highest BCUT2D eigenvalue weighted by atomic mass is 32.1. The van der Waals surface area contributed by atoms with Crippen molar-refractivity contribution in [3.05, 3.63) is 16.1 Å². The third-order valence-corrected chi connectivity index (χ3v) is 8.02. The van der Waals surface area contributed by atoms with E-state index in [4.69, 9.17) is 4.74 Å². The highest BCUT2D eigenvalue weighted by Gasteiger charge is 2.37. The summed E-state index contributed by atoms with van der Waals surface area (Å²) in [6.45, 7) is 10.1. The van der Waals surface area contributed by atoms with Crippen LogP contribution in [0.3, 0.4) is 0 Å². The molecule has 1 saturated heterocycles. The Morgan fingerprint density at radius 3 is 2.36 bits per heavy atom. The van der Waals surface area contributed by atoms with Crippen LogP contribution in [-0.2, 0) is 19.1 Å². The van der Waals surface area contributed by atoms with Crippen LogP contribution in [0.1, 0.15) is 88.3 Å². The lowest BCUT2D eigenvalue weighted by molar-refractivity contribution is -0.149. The molecule has 9 nitrogen and oxygen atoms in total. The molecular formula is C26H41N3O6S. The van der Waals surface area contributed by atoms with E-state index in [-0.39, 0.29) is 54.1 Å². The Balaban J connectivity index is 2.23. The molecule has 0 saturated carbocycles. The Morgan fingerprint density at radius 2 is 1.86 bits per heavy atom. The number of carboxylic acid groups (broad SMARTS) is 1. The van der Waals surface area contributed by atoms with E-state index in [0.29, 0.717) is 5.01 Å². The molecule has 0 aromatic carbocycles. The maximum atomic E-state index is 13.7. The minimum absolute atomic E-state index is 0.0175. The summed E-state index contributed by atoms with van der Waals surface area (Å²) in [6.07, 6.45) is 2.63. The topological polar surface area (TPSA) is 117 Å². The third-order valence-electron chi connectivity index (χ3n) is 7.08. The summed E-state index contributed by atoms with van der Waals surface area (Å²) >= 11 is 1.12. The summed E-state index contributed by atoms with van der Waals surface area (Å²) < 4.78 is 5.52. The number of carbonyl (C=O) groups excluding carboxylic acids is 3. The van der Waals surface area contributed by atoms with Crippen molar-refractivity contribution in [2.75, 3.05) is 20.6 Å². The number of rotatable bonds is 12. The molecule has 1 aromatic heterocycles. The number of piperidine rings is 1. The van der Waals surface area contributed by atoms with Gasteiger partial charge < -0.3 is 14.7 Å². The lowest BCUT2D eigenvalue weighted by Gasteiger charge is -2.37. The number of ether oxygens (including phenoxy) is 1. The van der Waals surface area contributed by atoms with Crippen LogP contribution >= 0.6 is 11.3 Å². The van der Waals surface area contributed by atoms with E-state index in [1.54, 1.807) is 11.9 Å². The first kappa shape index (κ1) is 29.9. The Bertz CT molecular complexity index is 931. The van der Waals surface area contributed by atoms with E-state index < -0.39 is 24.0 Å². The Labute approximate surface area is 218 Å². The summed E-state index contributed by atoms with van der Waals surface area (Å²) in [7, 11) is 3.70. The van der Waals surface area contributed by atoms with Gasteiger partial charge in [-0.2, -0.15) is 0 Å². The fraction of sp³-hybridized carbons (Fsp3) is 0.731.